The standard InChI is InChI=1S/C12H18N2O3/c1-8(14-6-4-13-5-7-14)9-2-3-10(15)12(17)11(9)16/h2-3,8,13,15-17H,4-7H2,1H3/t8-/m1/s1. The molecule has 0 bridgehead atoms. The number of nitrogens with zero attached hydrogens (tertiary/aromatic N) is 1. The fourth-order valence-electron chi connectivity index (χ4n) is 2.19. The summed E-state index contributed by atoms with van der Waals surface area (Å²) in [6.45, 7) is 5.64. The maximum Gasteiger partial charge on any atom is 0.200 e. The second kappa shape index (κ2) is 4.81. The van der Waals surface area contributed by atoms with Crippen LogP contribution in [0, 0.1) is 0 Å². The number of nitrogens with one attached hydrogen (secondary N) is 1. The molecule has 1 aliphatic rings. The van der Waals surface area contributed by atoms with Gasteiger partial charge >= 0.3 is 0 Å². The molecular weight excluding hydrogens is 220 g/mol. The largest absolute Gasteiger partial charge is 0.504 e. The summed E-state index contributed by atoms with van der Waals surface area (Å²) in [4.78, 5) is 2.22. The lowest BCUT2D eigenvalue weighted by Gasteiger charge is -2.33. The Bertz CT molecular complexity index is 403. The first kappa shape index (κ1) is 12.0. The molecule has 0 aliphatic carbocycles. The molecule has 1 aliphatic heterocycles. The fourth-order valence-corrected chi connectivity index (χ4v) is 2.19. The van der Waals surface area contributed by atoms with Crippen molar-refractivity contribution in [3.8, 4) is 17.2 Å². The van der Waals surface area contributed by atoms with Crippen molar-refractivity contribution in [2.24, 2.45) is 0 Å². The van der Waals surface area contributed by atoms with Crippen molar-refractivity contribution >= 4 is 0 Å². The molecule has 1 heterocycles. The lowest BCUT2D eigenvalue weighted by molar-refractivity contribution is 0.182. The van der Waals surface area contributed by atoms with Gasteiger partial charge < -0.3 is 20.6 Å². The minimum Gasteiger partial charge on any atom is -0.504 e. The van der Waals surface area contributed by atoms with Crippen molar-refractivity contribution in [3.63, 3.8) is 0 Å². The van der Waals surface area contributed by atoms with E-state index in [4.69, 9.17) is 0 Å². The van der Waals surface area contributed by atoms with Gasteiger partial charge in [0.2, 0.25) is 5.75 Å². The molecule has 1 aromatic rings. The number of piperazine rings is 1. The molecule has 0 aromatic heterocycles. The highest BCUT2D eigenvalue weighted by Crippen LogP contribution is 2.40. The number of phenolic OH excluding ortho intramolecular Hbond substituents is 3. The summed E-state index contributed by atoms with van der Waals surface area (Å²) in [6.07, 6.45) is 0. The topological polar surface area (TPSA) is 76.0 Å². The van der Waals surface area contributed by atoms with Crippen molar-refractivity contribution in [2.45, 2.75) is 13.0 Å². The van der Waals surface area contributed by atoms with E-state index in [0.29, 0.717) is 5.56 Å². The Hall–Kier alpha value is -1.46. The minimum atomic E-state index is -0.440. The quantitative estimate of drug-likeness (QED) is 0.573. The van der Waals surface area contributed by atoms with Gasteiger partial charge in [-0.3, -0.25) is 4.90 Å². The zero-order valence-corrected chi connectivity index (χ0v) is 9.85. The fraction of sp³-hybridized carbons (Fsp3) is 0.500. The van der Waals surface area contributed by atoms with E-state index in [9.17, 15) is 15.3 Å². The van der Waals surface area contributed by atoms with E-state index in [-0.39, 0.29) is 17.5 Å². The van der Waals surface area contributed by atoms with Gasteiger partial charge in [0.1, 0.15) is 0 Å². The molecule has 1 atom stereocenters. The average Bonchev–Trinajstić information content (AvgIpc) is 2.36. The third-order valence-electron chi connectivity index (χ3n) is 3.31. The Morgan fingerprint density at radius 2 is 1.76 bits per heavy atom. The number of benzene rings is 1. The Morgan fingerprint density at radius 1 is 1.12 bits per heavy atom. The van der Waals surface area contributed by atoms with Gasteiger partial charge in [-0.2, -0.15) is 0 Å². The first-order valence-electron chi connectivity index (χ1n) is 5.80. The van der Waals surface area contributed by atoms with Gasteiger partial charge in [-0.1, -0.05) is 0 Å². The monoisotopic (exact) mass is 238 g/mol. The van der Waals surface area contributed by atoms with Crippen LogP contribution in [0.3, 0.4) is 0 Å². The van der Waals surface area contributed by atoms with E-state index in [1.54, 1.807) is 6.07 Å². The Morgan fingerprint density at radius 3 is 2.41 bits per heavy atom. The van der Waals surface area contributed by atoms with Crippen LogP contribution in [0.1, 0.15) is 18.5 Å². The van der Waals surface area contributed by atoms with Crippen molar-refractivity contribution in [3.05, 3.63) is 17.7 Å². The summed E-state index contributed by atoms with van der Waals surface area (Å²) >= 11 is 0. The number of hydrogen-bond donors (Lipinski definition) is 4. The van der Waals surface area contributed by atoms with Gasteiger partial charge in [-0.25, -0.2) is 0 Å². The lowest BCUT2D eigenvalue weighted by atomic mass is 10.0. The Kier molecular flexibility index (Phi) is 3.40. The number of aromatic hydroxyl groups is 3. The summed E-state index contributed by atoms with van der Waals surface area (Å²) in [6, 6.07) is 3.07. The molecule has 5 heteroatoms. The van der Waals surface area contributed by atoms with Crippen LogP contribution < -0.4 is 5.32 Å². The van der Waals surface area contributed by atoms with Crippen LogP contribution in [0.5, 0.6) is 17.2 Å². The third kappa shape index (κ3) is 2.30. The van der Waals surface area contributed by atoms with Crippen LogP contribution >= 0.6 is 0 Å². The van der Waals surface area contributed by atoms with Gasteiger partial charge in [-0.15, -0.1) is 0 Å². The normalized spacial score (nSPS) is 19.1. The molecule has 94 valence electrons. The molecular formula is C12H18N2O3. The first-order chi connectivity index (χ1) is 8.11. The molecule has 0 saturated carbocycles. The highest BCUT2D eigenvalue weighted by Gasteiger charge is 2.22. The van der Waals surface area contributed by atoms with Crippen LogP contribution in [0.4, 0.5) is 0 Å². The Labute approximate surface area is 100 Å². The molecule has 4 N–H and O–H groups in total. The summed E-state index contributed by atoms with van der Waals surface area (Å²) < 4.78 is 0. The van der Waals surface area contributed by atoms with E-state index in [1.807, 2.05) is 6.92 Å². The van der Waals surface area contributed by atoms with E-state index in [2.05, 4.69) is 10.2 Å². The van der Waals surface area contributed by atoms with Crippen LogP contribution in [0.25, 0.3) is 0 Å². The number of hydrogen-bond acceptors (Lipinski definition) is 5. The van der Waals surface area contributed by atoms with Gasteiger partial charge in [-0.05, 0) is 19.1 Å². The van der Waals surface area contributed by atoms with Gasteiger partial charge in [0.05, 0.1) is 0 Å². The predicted octanol–water partition coefficient (Wildman–Crippen LogP) is 0.770. The summed E-state index contributed by atoms with van der Waals surface area (Å²) in [7, 11) is 0. The van der Waals surface area contributed by atoms with E-state index < -0.39 is 5.75 Å². The SMILES string of the molecule is C[C@H](c1ccc(O)c(O)c1O)N1CCNCC1. The van der Waals surface area contributed by atoms with E-state index in [0.717, 1.165) is 26.2 Å². The van der Waals surface area contributed by atoms with Crippen molar-refractivity contribution in [1.82, 2.24) is 10.2 Å². The highest BCUT2D eigenvalue weighted by molar-refractivity contribution is 5.54. The maximum absolute atomic E-state index is 9.83. The van der Waals surface area contributed by atoms with Crippen LogP contribution in [-0.2, 0) is 0 Å². The molecule has 1 saturated heterocycles. The maximum atomic E-state index is 9.83. The first-order valence-corrected chi connectivity index (χ1v) is 5.80. The van der Waals surface area contributed by atoms with E-state index >= 15 is 0 Å². The number of phenols is 3. The third-order valence-corrected chi connectivity index (χ3v) is 3.31. The van der Waals surface area contributed by atoms with Crippen LogP contribution in [0.15, 0.2) is 12.1 Å². The van der Waals surface area contributed by atoms with Crippen molar-refractivity contribution in [1.29, 1.82) is 0 Å². The smallest absolute Gasteiger partial charge is 0.200 e. The van der Waals surface area contributed by atoms with E-state index in [1.165, 1.54) is 6.07 Å². The summed E-state index contributed by atoms with van der Waals surface area (Å²) in [5.74, 6) is -0.959. The van der Waals surface area contributed by atoms with Crippen LogP contribution in [0.2, 0.25) is 0 Å². The Balaban J connectivity index is 2.24. The minimum absolute atomic E-state index is 0.0172. The second-order valence-electron chi connectivity index (χ2n) is 4.33. The van der Waals surface area contributed by atoms with Gasteiger partial charge in [0.15, 0.2) is 11.5 Å². The molecule has 1 fully saturated rings. The molecule has 0 unspecified atom stereocenters. The molecule has 17 heavy (non-hydrogen) atoms. The van der Waals surface area contributed by atoms with Crippen molar-refractivity contribution < 1.29 is 15.3 Å². The molecule has 1 aromatic carbocycles. The zero-order valence-electron chi connectivity index (χ0n) is 9.85. The molecule has 2 rings (SSSR count). The van der Waals surface area contributed by atoms with Gasteiger partial charge in [0.25, 0.3) is 0 Å². The zero-order chi connectivity index (χ0) is 12.4. The number of rotatable bonds is 2. The molecule has 0 radical (unpaired) electrons. The van der Waals surface area contributed by atoms with Crippen molar-refractivity contribution in [2.75, 3.05) is 26.2 Å². The second-order valence-corrected chi connectivity index (χ2v) is 4.33. The molecule has 5 nitrogen and oxygen atoms in total. The molecule has 0 amide bonds. The van der Waals surface area contributed by atoms with Gasteiger partial charge in [0, 0.05) is 37.8 Å². The highest BCUT2D eigenvalue weighted by atomic mass is 16.3. The van der Waals surface area contributed by atoms with Crippen LogP contribution in [-0.4, -0.2) is 46.4 Å². The average molecular weight is 238 g/mol. The summed E-state index contributed by atoms with van der Waals surface area (Å²) in [5, 5.41) is 31.9. The predicted molar refractivity (Wildman–Crippen MR) is 64.3 cm³/mol. The molecule has 0 spiro atoms. The lowest BCUT2D eigenvalue weighted by Crippen LogP contribution is -2.44. The summed E-state index contributed by atoms with van der Waals surface area (Å²) in [5.41, 5.74) is 0.641.